The Morgan fingerprint density at radius 1 is 1.23 bits per heavy atom. The van der Waals surface area contributed by atoms with E-state index in [0.717, 1.165) is 17.0 Å². The van der Waals surface area contributed by atoms with Crippen LogP contribution in [0.3, 0.4) is 0 Å². The molecule has 3 aromatic rings. The van der Waals surface area contributed by atoms with Crippen molar-refractivity contribution in [3.05, 3.63) is 76.3 Å². The van der Waals surface area contributed by atoms with E-state index in [4.69, 9.17) is 11.6 Å². The van der Waals surface area contributed by atoms with Crippen LogP contribution in [-0.4, -0.2) is 31.9 Å². The van der Waals surface area contributed by atoms with Crippen LogP contribution in [0.5, 0.6) is 0 Å². The molecule has 1 amide bonds. The lowest BCUT2D eigenvalue weighted by atomic mass is 10.1. The number of aromatic nitrogens is 4. The van der Waals surface area contributed by atoms with Gasteiger partial charge in [-0.05, 0) is 37.6 Å². The van der Waals surface area contributed by atoms with Crippen LogP contribution in [0.4, 0.5) is 0 Å². The summed E-state index contributed by atoms with van der Waals surface area (Å²) in [5.41, 5.74) is 3.11. The summed E-state index contributed by atoms with van der Waals surface area (Å²) in [5, 5.41) is 11.6. The third-order valence-electron chi connectivity index (χ3n) is 3.90. The second-order valence-electron chi connectivity index (χ2n) is 6.24. The van der Waals surface area contributed by atoms with Gasteiger partial charge in [0.15, 0.2) is 5.69 Å². The largest absolute Gasteiger partial charge is 0.348 e. The zero-order valence-corrected chi connectivity index (χ0v) is 15.4. The first-order valence-corrected chi connectivity index (χ1v) is 8.76. The summed E-state index contributed by atoms with van der Waals surface area (Å²) in [4.78, 5) is 16.8. The van der Waals surface area contributed by atoms with E-state index >= 15 is 0 Å². The molecule has 0 aliphatic rings. The Labute approximate surface area is 157 Å². The van der Waals surface area contributed by atoms with Crippen LogP contribution in [-0.2, 0) is 13.0 Å². The second-order valence-corrected chi connectivity index (χ2v) is 6.65. The summed E-state index contributed by atoms with van der Waals surface area (Å²) >= 11 is 6.15. The maximum absolute atomic E-state index is 12.4. The number of rotatable bonds is 6. The Morgan fingerprint density at radius 3 is 2.81 bits per heavy atom. The zero-order chi connectivity index (χ0) is 18.5. The van der Waals surface area contributed by atoms with Crippen LogP contribution in [0, 0.1) is 6.92 Å². The molecule has 1 atom stereocenters. The molecule has 0 aliphatic heterocycles. The number of hydrogen-bond acceptors (Lipinski definition) is 4. The topological polar surface area (TPSA) is 72.7 Å². The van der Waals surface area contributed by atoms with E-state index in [1.54, 1.807) is 10.9 Å². The molecule has 0 bridgehead atoms. The Bertz CT molecular complexity index is 908. The molecule has 0 radical (unpaired) electrons. The van der Waals surface area contributed by atoms with E-state index in [-0.39, 0.29) is 17.6 Å². The standard InChI is InChI=1S/C19H20ClN5O/c1-13-6-5-8-16(21-13)10-14(2)22-19(26)18-12-25(24-23-18)11-15-7-3-4-9-17(15)20/h3-9,12,14H,10-11H2,1-2H3,(H,22,26)/t14-/m1/s1. The summed E-state index contributed by atoms with van der Waals surface area (Å²) in [6, 6.07) is 13.3. The number of nitrogens with zero attached hydrogens (tertiary/aromatic N) is 4. The molecule has 1 N–H and O–H groups in total. The van der Waals surface area contributed by atoms with E-state index in [1.807, 2.05) is 56.3 Å². The molecule has 0 aliphatic carbocycles. The molecule has 0 fully saturated rings. The second kappa shape index (κ2) is 8.10. The minimum Gasteiger partial charge on any atom is -0.348 e. The monoisotopic (exact) mass is 369 g/mol. The fraction of sp³-hybridized carbons (Fsp3) is 0.263. The van der Waals surface area contributed by atoms with Crippen LogP contribution in [0.2, 0.25) is 5.02 Å². The van der Waals surface area contributed by atoms with Gasteiger partial charge in [0.1, 0.15) is 0 Å². The van der Waals surface area contributed by atoms with Crippen molar-refractivity contribution in [3.8, 4) is 0 Å². The highest BCUT2D eigenvalue weighted by molar-refractivity contribution is 6.31. The highest BCUT2D eigenvalue weighted by atomic mass is 35.5. The normalized spacial score (nSPS) is 12.0. The van der Waals surface area contributed by atoms with Gasteiger partial charge >= 0.3 is 0 Å². The first-order valence-electron chi connectivity index (χ1n) is 8.38. The quantitative estimate of drug-likeness (QED) is 0.724. The van der Waals surface area contributed by atoms with Crippen molar-refractivity contribution in [2.45, 2.75) is 32.9 Å². The van der Waals surface area contributed by atoms with Crippen molar-refractivity contribution in [1.82, 2.24) is 25.3 Å². The molecule has 0 saturated heterocycles. The molecule has 2 aromatic heterocycles. The Balaban J connectivity index is 1.60. The lowest BCUT2D eigenvalue weighted by Gasteiger charge is -2.12. The predicted octanol–water partition coefficient (Wildman–Crippen LogP) is 3.04. The molecule has 1 aromatic carbocycles. The number of carbonyl (C=O) groups excluding carboxylic acids is 1. The highest BCUT2D eigenvalue weighted by Gasteiger charge is 2.15. The van der Waals surface area contributed by atoms with Crippen LogP contribution < -0.4 is 5.32 Å². The molecular formula is C19H20ClN5O. The first-order chi connectivity index (χ1) is 12.5. The van der Waals surface area contributed by atoms with Crippen molar-refractivity contribution in [2.24, 2.45) is 0 Å². The first kappa shape index (κ1) is 18.1. The van der Waals surface area contributed by atoms with Crippen LogP contribution in [0.1, 0.15) is 34.4 Å². The summed E-state index contributed by atoms with van der Waals surface area (Å²) in [5.74, 6) is -0.254. The number of carbonyl (C=O) groups is 1. The number of benzene rings is 1. The lowest BCUT2D eigenvalue weighted by molar-refractivity contribution is 0.0935. The third-order valence-corrected chi connectivity index (χ3v) is 4.27. The molecule has 2 heterocycles. The van der Waals surface area contributed by atoms with Crippen molar-refractivity contribution in [2.75, 3.05) is 0 Å². The van der Waals surface area contributed by atoms with Gasteiger partial charge in [0.2, 0.25) is 0 Å². The highest BCUT2D eigenvalue weighted by Crippen LogP contribution is 2.15. The van der Waals surface area contributed by atoms with Gasteiger partial charge in [0.25, 0.3) is 5.91 Å². The molecule has 134 valence electrons. The smallest absolute Gasteiger partial charge is 0.273 e. The lowest BCUT2D eigenvalue weighted by Crippen LogP contribution is -2.34. The minimum atomic E-state index is -0.254. The van der Waals surface area contributed by atoms with Crippen molar-refractivity contribution in [1.29, 1.82) is 0 Å². The van der Waals surface area contributed by atoms with E-state index in [9.17, 15) is 4.79 Å². The Kier molecular flexibility index (Phi) is 5.63. The Morgan fingerprint density at radius 2 is 2.04 bits per heavy atom. The van der Waals surface area contributed by atoms with E-state index in [2.05, 4.69) is 20.6 Å². The fourth-order valence-corrected chi connectivity index (χ4v) is 2.85. The minimum absolute atomic E-state index is 0.0643. The third kappa shape index (κ3) is 4.67. The van der Waals surface area contributed by atoms with Gasteiger partial charge in [0, 0.05) is 28.9 Å². The van der Waals surface area contributed by atoms with Crippen molar-refractivity contribution < 1.29 is 4.79 Å². The van der Waals surface area contributed by atoms with Gasteiger partial charge in [0.05, 0.1) is 12.7 Å². The van der Waals surface area contributed by atoms with Crippen LogP contribution >= 0.6 is 11.6 Å². The van der Waals surface area contributed by atoms with Crippen molar-refractivity contribution >= 4 is 17.5 Å². The summed E-state index contributed by atoms with van der Waals surface area (Å²) in [7, 11) is 0. The molecule has 0 saturated carbocycles. The summed E-state index contributed by atoms with van der Waals surface area (Å²) in [6.07, 6.45) is 2.28. The van der Waals surface area contributed by atoms with Gasteiger partial charge in [-0.2, -0.15) is 0 Å². The van der Waals surface area contributed by atoms with Crippen LogP contribution in [0.25, 0.3) is 0 Å². The number of halogens is 1. The Hall–Kier alpha value is -2.73. The maximum atomic E-state index is 12.4. The summed E-state index contributed by atoms with van der Waals surface area (Å²) < 4.78 is 1.60. The van der Waals surface area contributed by atoms with E-state index in [1.165, 1.54) is 0 Å². The number of amides is 1. The molecule has 3 rings (SSSR count). The van der Waals surface area contributed by atoms with Gasteiger partial charge < -0.3 is 5.32 Å². The maximum Gasteiger partial charge on any atom is 0.273 e. The number of aryl methyl sites for hydroxylation is 1. The van der Waals surface area contributed by atoms with Gasteiger partial charge in [-0.25, -0.2) is 4.68 Å². The predicted molar refractivity (Wildman–Crippen MR) is 100 cm³/mol. The fourth-order valence-electron chi connectivity index (χ4n) is 2.66. The molecular weight excluding hydrogens is 350 g/mol. The molecule has 0 unspecified atom stereocenters. The average Bonchev–Trinajstić information content (AvgIpc) is 3.05. The van der Waals surface area contributed by atoms with Gasteiger partial charge in [-0.1, -0.05) is 41.1 Å². The number of pyridine rings is 1. The van der Waals surface area contributed by atoms with E-state index in [0.29, 0.717) is 18.0 Å². The molecule has 0 spiro atoms. The van der Waals surface area contributed by atoms with Crippen molar-refractivity contribution in [3.63, 3.8) is 0 Å². The average molecular weight is 370 g/mol. The van der Waals surface area contributed by atoms with Crippen LogP contribution in [0.15, 0.2) is 48.7 Å². The summed E-state index contributed by atoms with van der Waals surface area (Å²) in [6.45, 7) is 4.35. The molecule has 26 heavy (non-hydrogen) atoms. The number of hydrogen-bond donors (Lipinski definition) is 1. The molecule has 6 nitrogen and oxygen atoms in total. The zero-order valence-electron chi connectivity index (χ0n) is 14.7. The van der Waals surface area contributed by atoms with Gasteiger partial charge in [-0.3, -0.25) is 9.78 Å². The van der Waals surface area contributed by atoms with Gasteiger partial charge in [-0.15, -0.1) is 5.10 Å². The van der Waals surface area contributed by atoms with E-state index < -0.39 is 0 Å². The molecule has 7 heteroatoms. The SMILES string of the molecule is Cc1cccc(C[C@@H](C)NC(=O)c2cn(Cc3ccccc3Cl)nn2)n1. The number of nitrogens with one attached hydrogen (secondary N) is 1.